The number of carbonyl (C=O) groups excluding carboxylic acids is 4. The minimum atomic E-state index is -5.00. The molecule has 5 unspecified atom stereocenters. The minimum Gasteiger partial charge on any atom is -0.462 e. The van der Waals surface area contributed by atoms with Crippen molar-refractivity contribution < 1.29 is 80.2 Å². The number of esters is 4. The number of phosphoric ester groups is 2. The number of hydrogen-bond donors (Lipinski definition) is 3. The third-order valence-electron chi connectivity index (χ3n) is 16.7. The fraction of sp³-hybridized carbons (Fsp3) is 0.640. The molecule has 0 radical (unpaired) electrons. The molecule has 0 spiro atoms. The van der Waals surface area contributed by atoms with Crippen molar-refractivity contribution in [2.75, 3.05) is 39.6 Å². The smallest absolute Gasteiger partial charge is 0.462 e. The van der Waals surface area contributed by atoms with Crippen molar-refractivity contribution in [1.29, 1.82) is 0 Å². The van der Waals surface area contributed by atoms with Crippen LogP contribution < -0.4 is 0 Å². The van der Waals surface area contributed by atoms with Crippen molar-refractivity contribution in [3.63, 3.8) is 0 Å². The first kappa shape index (κ1) is 102. The molecule has 17 nitrogen and oxygen atoms in total. The number of ether oxygens (including phenoxy) is 4. The first-order valence-electron chi connectivity index (χ1n) is 41.4. The predicted molar refractivity (Wildman–Crippen MR) is 445 cm³/mol. The molecule has 0 aliphatic carbocycles. The van der Waals surface area contributed by atoms with Gasteiger partial charge in [-0.3, -0.25) is 37.3 Å². The molecular formula is C89H146O17P2. The van der Waals surface area contributed by atoms with Crippen molar-refractivity contribution in [2.24, 2.45) is 0 Å². The monoisotopic (exact) mass is 1550 g/mol. The van der Waals surface area contributed by atoms with E-state index in [1.165, 1.54) is 19.3 Å². The van der Waals surface area contributed by atoms with Crippen LogP contribution in [0.15, 0.2) is 170 Å². The Morgan fingerprint density at radius 2 is 0.481 bits per heavy atom. The van der Waals surface area contributed by atoms with E-state index in [0.717, 1.165) is 212 Å². The first-order chi connectivity index (χ1) is 52.7. The van der Waals surface area contributed by atoms with Crippen molar-refractivity contribution in [3.8, 4) is 0 Å². The number of allylic oxidation sites excluding steroid dienone is 28. The van der Waals surface area contributed by atoms with E-state index in [4.69, 9.17) is 37.0 Å². The number of phosphoric acid groups is 2. The van der Waals surface area contributed by atoms with Gasteiger partial charge in [-0.25, -0.2) is 9.13 Å². The van der Waals surface area contributed by atoms with Gasteiger partial charge < -0.3 is 33.8 Å². The first-order valence-corrected chi connectivity index (χ1v) is 44.4. The minimum absolute atomic E-state index is 0.0653. The van der Waals surface area contributed by atoms with Gasteiger partial charge in [-0.15, -0.1) is 0 Å². The van der Waals surface area contributed by atoms with Crippen LogP contribution in [-0.4, -0.2) is 96.7 Å². The van der Waals surface area contributed by atoms with Gasteiger partial charge in [0.05, 0.1) is 26.4 Å². The van der Waals surface area contributed by atoms with E-state index in [9.17, 15) is 43.2 Å². The van der Waals surface area contributed by atoms with Crippen LogP contribution >= 0.6 is 15.6 Å². The SMILES string of the molecule is CC/C=C\C/C=C\C/C=C\C/C=C\C/C=C\CCCCCC(=O)OCC(COP(=O)(O)OCC(O)COP(=O)(O)OCC(COC(=O)CCCCCC/C=C\C/C=C\C/C=C\C/C=C\CC)OC(=O)CCCCCCCCC/C=C\C/C=C\C/C=C\CC)OC(=O)CCCCCCC/C=C\C/C=C\CCCCC. The Morgan fingerprint density at radius 3 is 0.750 bits per heavy atom. The molecule has 3 N–H and O–H groups in total. The molecule has 0 aromatic heterocycles. The summed E-state index contributed by atoms with van der Waals surface area (Å²) in [6, 6.07) is 0. The van der Waals surface area contributed by atoms with Crippen molar-refractivity contribution in [1.82, 2.24) is 0 Å². The molecule has 0 amide bonds. The summed E-state index contributed by atoms with van der Waals surface area (Å²) in [7, 11) is -10.0. The second-order valence-electron chi connectivity index (χ2n) is 26.9. The number of hydrogen-bond acceptors (Lipinski definition) is 15. The third kappa shape index (κ3) is 78.5. The van der Waals surface area contributed by atoms with E-state index in [1.807, 2.05) is 0 Å². The lowest BCUT2D eigenvalue weighted by atomic mass is 10.1. The molecular weight excluding hydrogens is 1400 g/mol. The Bertz CT molecular complexity index is 2710. The molecule has 0 rings (SSSR count). The largest absolute Gasteiger partial charge is 0.472 e. The molecule has 108 heavy (non-hydrogen) atoms. The molecule has 614 valence electrons. The Morgan fingerprint density at radius 1 is 0.269 bits per heavy atom. The van der Waals surface area contributed by atoms with Crippen molar-refractivity contribution >= 4 is 39.5 Å². The topological polar surface area (TPSA) is 237 Å². The molecule has 0 bridgehead atoms. The third-order valence-corrected chi connectivity index (χ3v) is 18.6. The van der Waals surface area contributed by atoms with Crippen LogP contribution in [0, 0.1) is 0 Å². The second-order valence-corrected chi connectivity index (χ2v) is 29.8. The lowest BCUT2D eigenvalue weighted by Crippen LogP contribution is -2.30. The lowest BCUT2D eigenvalue weighted by molar-refractivity contribution is -0.161. The number of rotatable bonds is 76. The van der Waals surface area contributed by atoms with E-state index < -0.39 is 97.5 Å². The fourth-order valence-electron chi connectivity index (χ4n) is 10.5. The quantitative estimate of drug-likeness (QED) is 0.0169. The Balaban J connectivity index is 5.46. The number of unbranched alkanes of at least 4 members (excludes halogenated alkanes) is 22. The number of aliphatic hydroxyl groups is 1. The zero-order valence-corrected chi connectivity index (χ0v) is 69.0. The Kier molecular flexibility index (Phi) is 75.4. The van der Waals surface area contributed by atoms with Crippen LogP contribution in [0.4, 0.5) is 0 Å². The van der Waals surface area contributed by atoms with Crippen LogP contribution in [0.5, 0.6) is 0 Å². The second kappa shape index (κ2) is 79.5. The molecule has 5 atom stereocenters. The van der Waals surface area contributed by atoms with E-state index in [0.29, 0.717) is 25.7 Å². The molecule has 0 aliphatic rings. The maximum Gasteiger partial charge on any atom is 0.472 e. The van der Waals surface area contributed by atoms with E-state index in [-0.39, 0.29) is 25.7 Å². The maximum absolute atomic E-state index is 13.1. The zero-order chi connectivity index (χ0) is 78.9. The van der Waals surface area contributed by atoms with Gasteiger partial charge in [-0.05, 0) is 173 Å². The van der Waals surface area contributed by atoms with Gasteiger partial charge in [-0.2, -0.15) is 0 Å². The summed E-state index contributed by atoms with van der Waals surface area (Å²) in [6.07, 6.45) is 94.6. The van der Waals surface area contributed by atoms with Crippen LogP contribution in [0.2, 0.25) is 0 Å². The molecule has 0 aromatic rings. The summed E-state index contributed by atoms with van der Waals surface area (Å²) in [5, 5.41) is 10.7. The van der Waals surface area contributed by atoms with Gasteiger partial charge in [0.15, 0.2) is 12.2 Å². The maximum atomic E-state index is 13.1. The van der Waals surface area contributed by atoms with E-state index in [2.05, 4.69) is 198 Å². The van der Waals surface area contributed by atoms with E-state index >= 15 is 0 Å². The highest BCUT2D eigenvalue weighted by atomic mass is 31.2. The predicted octanol–water partition coefficient (Wildman–Crippen LogP) is 24.6. The van der Waals surface area contributed by atoms with Gasteiger partial charge >= 0.3 is 39.5 Å². The van der Waals surface area contributed by atoms with Gasteiger partial charge in [0, 0.05) is 25.7 Å². The standard InChI is InChI=1S/C89H146O17P2/c1-5-9-13-17-21-25-29-33-37-40-41-44-47-50-54-58-62-66-70-74-87(92)100-79-84(105-88(93)75-71-67-63-59-55-51-45-36-32-28-24-20-16-12-8-4)81-103-107(95,96)101-77-83(90)78-102-108(97,98)104-82-85(106-89(94)76-72-68-64-60-56-52-48-43-39-35-31-27-23-19-15-11-7-3)80-99-86(91)73-69-65-61-57-53-49-46-42-38-34-30-26-22-18-14-10-6-2/h9-11,13-15,21-28,33-39,41,44-46,49-50,54,83-85,90H,5-8,12,16-20,29-32,40,42-43,47-48,51-53,55-82H2,1-4H3,(H,95,96)(H,97,98)/b13-9-,14-10-,15-11-,25-21-,26-22-,27-23-,28-24-,37-33-,38-34-,39-35-,44-41-,45-36-,49-46-,54-50-. The fourth-order valence-corrected chi connectivity index (χ4v) is 12.0. The van der Waals surface area contributed by atoms with Crippen LogP contribution in [-0.2, 0) is 65.4 Å². The van der Waals surface area contributed by atoms with Crippen LogP contribution in [0.25, 0.3) is 0 Å². The molecule has 0 aliphatic heterocycles. The molecule has 19 heteroatoms. The molecule has 0 saturated carbocycles. The summed E-state index contributed by atoms with van der Waals surface area (Å²) in [4.78, 5) is 73.2. The average molecular weight is 1550 g/mol. The summed E-state index contributed by atoms with van der Waals surface area (Å²) in [5.41, 5.74) is 0. The summed E-state index contributed by atoms with van der Waals surface area (Å²) < 4.78 is 68.7. The number of aliphatic hydroxyl groups excluding tert-OH is 1. The molecule has 0 heterocycles. The van der Waals surface area contributed by atoms with Gasteiger partial charge in [-0.1, -0.05) is 281 Å². The average Bonchev–Trinajstić information content (AvgIpc) is 0.901. The summed E-state index contributed by atoms with van der Waals surface area (Å²) in [6.45, 7) is 4.42. The van der Waals surface area contributed by atoms with Crippen LogP contribution in [0.1, 0.15) is 310 Å². The highest BCUT2D eigenvalue weighted by molar-refractivity contribution is 7.47. The summed E-state index contributed by atoms with van der Waals surface area (Å²) in [5.74, 6) is -2.27. The van der Waals surface area contributed by atoms with Gasteiger partial charge in [0.2, 0.25) is 0 Å². The Hall–Kier alpha value is -5.58. The normalized spacial score (nSPS) is 14.7. The van der Waals surface area contributed by atoms with Crippen LogP contribution in [0.3, 0.4) is 0 Å². The van der Waals surface area contributed by atoms with E-state index in [1.54, 1.807) is 0 Å². The Labute approximate surface area is 654 Å². The highest BCUT2D eigenvalue weighted by Gasteiger charge is 2.30. The van der Waals surface area contributed by atoms with Gasteiger partial charge in [0.1, 0.15) is 19.3 Å². The zero-order valence-electron chi connectivity index (χ0n) is 67.2. The van der Waals surface area contributed by atoms with Crippen molar-refractivity contribution in [3.05, 3.63) is 170 Å². The highest BCUT2D eigenvalue weighted by Crippen LogP contribution is 2.45. The number of carbonyl (C=O) groups is 4. The summed E-state index contributed by atoms with van der Waals surface area (Å²) >= 11 is 0. The molecule has 0 aromatic carbocycles. The van der Waals surface area contributed by atoms with Crippen molar-refractivity contribution in [2.45, 2.75) is 329 Å². The molecule has 0 fully saturated rings. The van der Waals surface area contributed by atoms with Gasteiger partial charge in [0.25, 0.3) is 0 Å². The lowest BCUT2D eigenvalue weighted by Gasteiger charge is -2.21. The molecule has 0 saturated heterocycles.